The van der Waals surface area contributed by atoms with Crippen molar-refractivity contribution in [2.24, 2.45) is 0 Å². The lowest BCUT2D eigenvalue weighted by Crippen LogP contribution is -2.47. The van der Waals surface area contributed by atoms with E-state index >= 15 is 0 Å². The first-order valence-corrected chi connectivity index (χ1v) is 10.9. The standard InChI is InChI=1S/C26H24ClNO4/c1-17(31-15-18-9-3-2-4-10-18)24(25(27)29)28-26(30)32-16-23-21-13-7-5-11-19(21)20-12-6-8-14-22(20)23/h2-14,17,23-24H,15-16H2,1H3,(H,28,30). The molecule has 1 aliphatic carbocycles. The molecule has 3 aromatic rings. The second-order valence-electron chi connectivity index (χ2n) is 7.75. The van der Waals surface area contributed by atoms with Crippen molar-refractivity contribution in [3.05, 3.63) is 95.6 Å². The van der Waals surface area contributed by atoms with Gasteiger partial charge in [0.25, 0.3) is 0 Å². The molecule has 2 unspecified atom stereocenters. The summed E-state index contributed by atoms with van der Waals surface area (Å²) in [5, 5.41) is 1.85. The normalized spacial score (nSPS) is 14.2. The molecular formula is C26H24ClNO4. The molecule has 1 N–H and O–H groups in total. The smallest absolute Gasteiger partial charge is 0.407 e. The molecule has 1 aliphatic rings. The van der Waals surface area contributed by atoms with E-state index in [0.29, 0.717) is 6.61 Å². The highest BCUT2D eigenvalue weighted by Gasteiger charge is 2.31. The molecule has 32 heavy (non-hydrogen) atoms. The van der Waals surface area contributed by atoms with Gasteiger partial charge in [0.05, 0.1) is 12.7 Å². The van der Waals surface area contributed by atoms with Crippen molar-refractivity contribution in [3.63, 3.8) is 0 Å². The van der Waals surface area contributed by atoms with Gasteiger partial charge in [0.15, 0.2) is 0 Å². The van der Waals surface area contributed by atoms with E-state index in [-0.39, 0.29) is 12.5 Å². The number of alkyl carbamates (subject to hydrolysis) is 1. The number of ether oxygens (including phenoxy) is 2. The monoisotopic (exact) mass is 449 g/mol. The first-order valence-electron chi connectivity index (χ1n) is 10.5. The second-order valence-corrected chi connectivity index (χ2v) is 8.13. The summed E-state index contributed by atoms with van der Waals surface area (Å²) in [6.07, 6.45) is -1.33. The number of nitrogens with one attached hydrogen (secondary N) is 1. The van der Waals surface area contributed by atoms with Crippen molar-refractivity contribution >= 4 is 22.9 Å². The zero-order chi connectivity index (χ0) is 22.5. The molecule has 0 radical (unpaired) electrons. The summed E-state index contributed by atoms with van der Waals surface area (Å²) >= 11 is 5.74. The Hall–Kier alpha value is -3.15. The van der Waals surface area contributed by atoms with E-state index in [1.165, 1.54) is 0 Å². The topological polar surface area (TPSA) is 64.6 Å². The fourth-order valence-corrected chi connectivity index (χ4v) is 4.26. The Labute approximate surface area is 192 Å². The van der Waals surface area contributed by atoms with Crippen LogP contribution in [0.15, 0.2) is 78.9 Å². The van der Waals surface area contributed by atoms with E-state index in [2.05, 4.69) is 17.4 Å². The van der Waals surface area contributed by atoms with Crippen LogP contribution in [0.3, 0.4) is 0 Å². The van der Waals surface area contributed by atoms with Gasteiger partial charge in [-0.3, -0.25) is 4.79 Å². The summed E-state index contributed by atoms with van der Waals surface area (Å²) in [7, 11) is 0. The number of carbonyl (C=O) groups excluding carboxylic acids is 2. The lowest BCUT2D eigenvalue weighted by atomic mass is 9.98. The predicted octanol–water partition coefficient (Wildman–Crippen LogP) is 5.26. The van der Waals surface area contributed by atoms with E-state index in [1.54, 1.807) is 6.92 Å². The molecular weight excluding hydrogens is 426 g/mol. The number of fused-ring (bicyclic) bond motifs is 3. The average molecular weight is 450 g/mol. The molecule has 164 valence electrons. The summed E-state index contributed by atoms with van der Waals surface area (Å²) in [4.78, 5) is 24.5. The van der Waals surface area contributed by atoms with Crippen LogP contribution in [0.4, 0.5) is 4.79 Å². The number of hydrogen-bond acceptors (Lipinski definition) is 4. The highest BCUT2D eigenvalue weighted by molar-refractivity contribution is 6.65. The van der Waals surface area contributed by atoms with E-state index in [4.69, 9.17) is 21.1 Å². The van der Waals surface area contributed by atoms with Crippen molar-refractivity contribution in [2.45, 2.75) is 31.6 Å². The minimum Gasteiger partial charge on any atom is -0.449 e. The van der Waals surface area contributed by atoms with Gasteiger partial charge in [0.2, 0.25) is 5.24 Å². The molecule has 0 spiro atoms. The third kappa shape index (κ3) is 4.85. The number of carbonyl (C=O) groups is 2. The van der Waals surface area contributed by atoms with Crippen LogP contribution in [0, 0.1) is 0 Å². The van der Waals surface area contributed by atoms with Crippen LogP contribution >= 0.6 is 11.6 Å². The predicted molar refractivity (Wildman–Crippen MR) is 124 cm³/mol. The molecule has 1 amide bonds. The number of amides is 1. The summed E-state index contributed by atoms with van der Waals surface area (Å²) in [6, 6.07) is 24.7. The van der Waals surface area contributed by atoms with E-state index < -0.39 is 23.5 Å². The van der Waals surface area contributed by atoms with Gasteiger partial charge in [-0.25, -0.2) is 4.79 Å². The Balaban J connectivity index is 1.37. The van der Waals surface area contributed by atoms with E-state index in [0.717, 1.165) is 27.8 Å². The molecule has 6 heteroatoms. The van der Waals surface area contributed by atoms with E-state index in [9.17, 15) is 9.59 Å². The minimum absolute atomic E-state index is 0.0648. The zero-order valence-electron chi connectivity index (χ0n) is 17.7. The Bertz CT molecular complexity index is 1060. The van der Waals surface area contributed by atoms with Crippen molar-refractivity contribution in [2.75, 3.05) is 6.61 Å². The average Bonchev–Trinajstić information content (AvgIpc) is 3.14. The van der Waals surface area contributed by atoms with Crippen LogP contribution < -0.4 is 5.32 Å². The molecule has 4 rings (SSSR count). The van der Waals surface area contributed by atoms with Crippen molar-refractivity contribution in [1.29, 1.82) is 0 Å². The molecule has 0 saturated carbocycles. The van der Waals surface area contributed by atoms with E-state index in [1.807, 2.05) is 66.7 Å². The van der Waals surface area contributed by atoms with Crippen molar-refractivity contribution in [3.8, 4) is 11.1 Å². The first kappa shape index (κ1) is 22.1. The van der Waals surface area contributed by atoms with Crippen molar-refractivity contribution < 1.29 is 19.1 Å². The Morgan fingerprint density at radius 3 is 2.06 bits per heavy atom. The third-order valence-electron chi connectivity index (χ3n) is 5.69. The molecule has 2 atom stereocenters. The van der Waals surface area contributed by atoms with Gasteiger partial charge >= 0.3 is 6.09 Å². The van der Waals surface area contributed by atoms with Crippen molar-refractivity contribution in [1.82, 2.24) is 5.32 Å². The van der Waals surface area contributed by atoms with Crippen LogP contribution in [0.25, 0.3) is 11.1 Å². The number of benzene rings is 3. The number of rotatable bonds is 8. The number of hydrogen-bond donors (Lipinski definition) is 1. The van der Waals surface area contributed by atoms with Gasteiger partial charge < -0.3 is 14.8 Å². The molecule has 0 fully saturated rings. The second kappa shape index (κ2) is 9.98. The lowest BCUT2D eigenvalue weighted by Gasteiger charge is -2.22. The third-order valence-corrected chi connectivity index (χ3v) is 5.92. The molecule has 0 aliphatic heterocycles. The SMILES string of the molecule is CC(OCc1ccccc1)C(NC(=O)OCC1c2ccccc2-c2ccccc21)C(=O)Cl. The Kier molecular flexibility index (Phi) is 6.88. The molecule has 3 aromatic carbocycles. The van der Waals surface area contributed by atoms with Crippen LogP contribution in [-0.4, -0.2) is 30.1 Å². The van der Waals surface area contributed by atoms with Crippen LogP contribution in [0.5, 0.6) is 0 Å². The van der Waals surface area contributed by atoms with Gasteiger partial charge in [0, 0.05) is 5.92 Å². The largest absolute Gasteiger partial charge is 0.449 e. The molecule has 0 aromatic heterocycles. The minimum atomic E-state index is -1.02. The summed E-state index contributed by atoms with van der Waals surface area (Å²) in [5.41, 5.74) is 5.49. The quantitative estimate of drug-likeness (QED) is 0.476. The van der Waals surface area contributed by atoms with Crippen LogP contribution in [0.1, 0.15) is 29.5 Å². The summed E-state index contributed by atoms with van der Waals surface area (Å²) < 4.78 is 11.3. The van der Waals surface area contributed by atoms with Gasteiger partial charge in [0.1, 0.15) is 12.6 Å². The van der Waals surface area contributed by atoms with Gasteiger partial charge in [-0.05, 0) is 46.3 Å². The number of halogens is 1. The van der Waals surface area contributed by atoms with Crippen LogP contribution in [-0.2, 0) is 20.9 Å². The molecule has 5 nitrogen and oxygen atoms in total. The molecule has 0 heterocycles. The first-order chi connectivity index (χ1) is 15.5. The highest BCUT2D eigenvalue weighted by atomic mass is 35.5. The Morgan fingerprint density at radius 1 is 0.906 bits per heavy atom. The molecule has 0 saturated heterocycles. The maximum Gasteiger partial charge on any atom is 0.407 e. The maximum absolute atomic E-state index is 12.5. The fraction of sp³-hybridized carbons (Fsp3) is 0.231. The Morgan fingerprint density at radius 2 is 1.47 bits per heavy atom. The fourth-order valence-electron chi connectivity index (χ4n) is 4.02. The highest BCUT2D eigenvalue weighted by Crippen LogP contribution is 2.44. The zero-order valence-corrected chi connectivity index (χ0v) is 18.4. The maximum atomic E-state index is 12.5. The van der Waals surface area contributed by atoms with Gasteiger partial charge in [-0.2, -0.15) is 0 Å². The summed E-state index contributed by atoms with van der Waals surface area (Å²) in [5.74, 6) is -0.0648. The van der Waals surface area contributed by atoms with Crippen LogP contribution in [0.2, 0.25) is 0 Å². The summed E-state index contributed by atoms with van der Waals surface area (Å²) in [6.45, 7) is 2.15. The molecule has 0 bridgehead atoms. The van der Waals surface area contributed by atoms with Gasteiger partial charge in [-0.1, -0.05) is 78.9 Å². The van der Waals surface area contributed by atoms with Gasteiger partial charge in [-0.15, -0.1) is 0 Å². The lowest BCUT2D eigenvalue weighted by molar-refractivity contribution is -0.117.